The van der Waals surface area contributed by atoms with E-state index in [0.717, 1.165) is 11.3 Å². The summed E-state index contributed by atoms with van der Waals surface area (Å²) in [4.78, 5) is 21.6. The Morgan fingerprint density at radius 1 is 1.67 bits per heavy atom. The van der Waals surface area contributed by atoms with Crippen LogP contribution in [0.2, 0.25) is 0 Å². The third-order valence-corrected chi connectivity index (χ3v) is 3.96. The molecule has 0 amide bonds. The van der Waals surface area contributed by atoms with Crippen molar-refractivity contribution in [2.24, 2.45) is 0 Å². The van der Waals surface area contributed by atoms with Gasteiger partial charge in [0.1, 0.15) is 0 Å². The summed E-state index contributed by atoms with van der Waals surface area (Å²) in [6.07, 6.45) is 0. The summed E-state index contributed by atoms with van der Waals surface area (Å²) in [5.74, 6) is -0.497. The van der Waals surface area contributed by atoms with Crippen molar-refractivity contribution < 1.29 is 14.5 Å². The molecule has 0 aliphatic rings. The fraction of sp³-hybridized carbons (Fsp3) is 0.375. The lowest BCUT2D eigenvalue weighted by Crippen LogP contribution is -2.06. The largest absolute Gasteiger partial charge is 0.462 e. The summed E-state index contributed by atoms with van der Waals surface area (Å²) in [6, 6.07) is 0. The molecule has 0 spiro atoms. The molecule has 1 heterocycles. The number of hydrogen-bond acceptors (Lipinski definition) is 5. The van der Waals surface area contributed by atoms with Crippen LogP contribution in [0.5, 0.6) is 0 Å². The number of thiophene rings is 1. The average Bonchev–Trinajstić information content (AvgIpc) is 2.42. The second-order valence-electron chi connectivity index (χ2n) is 2.66. The third-order valence-electron chi connectivity index (χ3n) is 1.72. The lowest BCUT2D eigenvalue weighted by Gasteiger charge is -2.00. The van der Waals surface area contributed by atoms with Gasteiger partial charge in [0.15, 0.2) is 0 Å². The molecular formula is C8H8INO4S. The molecule has 5 nitrogen and oxygen atoms in total. The van der Waals surface area contributed by atoms with Gasteiger partial charge in [-0.25, -0.2) is 4.79 Å². The number of carbonyl (C=O) groups excluding carboxylic acids is 1. The fourth-order valence-electron chi connectivity index (χ4n) is 1.08. The second-order valence-corrected chi connectivity index (χ2v) is 5.47. The summed E-state index contributed by atoms with van der Waals surface area (Å²) in [6.45, 7) is 3.52. The van der Waals surface area contributed by atoms with Crippen molar-refractivity contribution in [2.75, 3.05) is 6.61 Å². The Balaban J connectivity index is 3.19. The van der Waals surface area contributed by atoms with E-state index in [2.05, 4.69) is 0 Å². The van der Waals surface area contributed by atoms with E-state index in [1.165, 1.54) is 0 Å². The van der Waals surface area contributed by atoms with Crippen LogP contribution in [0.4, 0.5) is 5.00 Å². The van der Waals surface area contributed by atoms with Crippen LogP contribution in [0.25, 0.3) is 0 Å². The van der Waals surface area contributed by atoms with Crippen molar-refractivity contribution in [3.63, 3.8) is 0 Å². The van der Waals surface area contributed by atoms with E-state index in [1.54, 1.807) is 13.8 Å². The van der Waals surface area contributed by atoms with Crippen LogP contribution in [-0.2, 0) is 4.74 Å². The van der Waals surface area contributed by atoms with Gasteiger partial charge in [0.2, 0.25) is 0 Å². The minimum absolute atomic E-state index is 0.00227. The lowest BCUT2D eigenvalue weighted by molar-refractivity contribution is -0.380. The van der Waals surface area contributed by atoms with Gasteiger partial charge in [-0.05, 0) is 36.4 Å². The molecule has 0 aliphatic heterocycles. The second kappa shape index (κ2) is 4.88. The SMILES string of the molecule is CCOC(=O)c1c(I)sc([N+](=O)[O-])c1C. The van der Waals surface area contributed by atoms with Gasteiger partial charge in [0, 0.05) is 0 Å². The summed E-state index contributed by atoms with van der Waals surface area (Å²) in [5, 5.41) is 10.6. The van der Waals surface area contributed by atoms with Crippen LogP contribution in [-0.4, -0.2) is 17.5 Å². The van der Waals surface area contributed by atoms with Crippen LogP contribution in [0.3, 0.4) is 0 Å². The van der Waals surface area contributed by atoms with Gasteiger partial charge >= 0.3 is 11.0 Å². The number of ether oxygens (including phenoxy) is 1. The lowest BCUT2D eigenvalue weighted by atomic mass is 10.2. The van der Waals surface area contributed by atoms with E-state index < -0.39 is 10.9 Å². The molecule has 0 atom stereocenters. The first-order valence-corrected chi connectivity index (χ1v) is 5.99. The molecule has 1 aromatic heterocycles. The molecule has 0 N–H and O–H groups in total. The van der Waals surface area contributed by atoms with Crippen molar-refractivity contribution >= 4 is 44.9 Å². The Bertz CT molecular complexity index is 415. The maximum atomic E-state index is 11.5. The van der Waals surface area contributed by atoms with Gasteiger partial charge in [-0.2, -0.15) is 0 Å². The first-order chi connectivity index (χ1) is 6.99. The molecule has 7 heteroatoms. The molecule has 1 rings (SSSR count). The maximum absolute atomic E-state index is 11.5. The molecule has 1 aromatic rings. The normalized spacial score (nSPS) is 10.1. The fourth-order valence-corrected chi connectivity index (χ4v) is 3.17. The minimum Gasteiger partial charge on any atom is -0.462 e. The van der Waals surface area contributed by atoms with E-state index >= 15 is 0 Å². The molecule has 82 valence electrons. The summed E-state index contributed by atoms with van der Waals surface area (Å²) >= 11 is 2.90. The highest BCUT2D eigenvalue weighted by Crippen LogP contribution is 2.35. The van der Waals surface area contributed by atoms with Crippen LogP contribution in [0, 0.1) is 19.9 Å². The Hall–Kier alpha value is -0.700. The van der Waals surface area contributed by atoms with Crippen molar-refractivity contribution in [3.05, 3.63) is 24.1 Å². The number of nitro groups is 1. The van der Waals surface area contributed by atoms with Crippen molar-refractivity contribution in [3.8, 4) is 0 Å². The Morgan fingerprint density at radius 2 is 2.27 bits per heavy atom. The zero-order valence-electron chi connectivity index (χ0n) is 8.07. The van der Waals surface area contributed by atoms with E-state index in [4.69, 9.17) is 4.74 Å². The summed E-state index contributed by atoms with van der Waals surface area (Å²) < 4.78 is 5.42. The average molecular weight is 341 g/mol. The van der Waals surface area contributed by atoms with Gasteiger partial charge in [0.05, 0.1) is 25.5 Å². The van der Waals surface area contributed by atoms with Crippen LogP contribution >= 0.6 is 33.9 Å². The van der Waals surface area contributed by atoms with Gasteiger partial charge < -0.3 is 4.74 Å². The van der Waals surface area contributed by atoms with E-state index in [1.807, 2.05) is 22.6 Å². The molecular weight excluding hydrogens is 333 g/mol. The van der Waals surface area contributed by atoms with E-state index in [-0.39, 0.29) is 11.6 Å². The van der Waals surface area contributed by atoms with Crippen LogP contribution < -0.4 is 0 Å². The molecule has 0 aromatic carbocycles. The zero-order valence-corrected chi connectivity index (χ0v) is 11.0. The number of esters is 1. The predicted molar refractivity (Wildman–Crippen MR) is 64.4 cm³/mol. The molecule has 15 heavy (non-hydrogen) atoms. The van der Waals surface area contributed by atoms with Crippen LogP contribution in [0.15, 0.2) is 0 Å². The van der Waals surface area contributed by atoms with Crippen molar-refractivity contribution in [2.45, 2.75) is 13.8 Å². The Morgan fingerprint density at radius 3 is 2.67 bits per heavy atom. The zero-order chi connectivity index (χ0) is 11.6. The molecule has 0 fully saturated rings. The van der Waals surface area contributed by atoms with E-state index in [0.29, 0.717) is 14.0 Å². The highest BCUT2D eigenvalue weighted by molar-refractivity contribution is 14.1. The van der Waals surface area contributed by atoms with Gasteiger partial charge in [-0.15, -0.1) is 0 Å². The summed E-state index contributed by atoms with van der Waals surface area (Å²) in [5.41, 5.74) is 0.696. The number of carbonyl (C=O) groups is 1. The smallest absolute Gasteiger partial charge is 0.340 e. The monoisotopic (exact) mass is 341 g/mol. The summed E-state index contributed by atoms with van der Waals surface area (Å²) in [7, 11) is 0. The maximum Gasteiger partial charge on any atom is 0.340 e. The minimum atomic E-state index is -0.497. The Kier molecular flexibility index (Phi) is 4.03. The standard InChI is InChI=1S/C8H8INO4S/c1-3-14-8(11)5-4(2)7(10(12)13)15-6(5)9/h3H2,1-2H3. The number of hydrogen-bond donors (Lipinski definition) is 0. The first-order valence-electron chi connectivity index (χ1n) is 4.09. The van der Waals surface area contributed by atoms with Crippen molar-refractivity contribution in [1.29, 1.82) is 0 Å². The van der Waals surface area contributed by atoms with Crippen molar-refractivity contribution in [1.82, 2.24) is 0 Å². The quantitative estimate of drug-likeness (QED) is 0.367. The molecule has 0 aliphatic carbocycles. The predicted octanol–water partition coefficient (Wildman–Crippen LogP) is 2.75. The molecule has 0 bridgehead atoms. The molecule has 0 saturated heterocycles. The number of rotatable bonds is 3. The highest BCUT2D eigenvalue weighted by Gasteiger charge is 2.26. The molecule has 0 saturated carbocycles. The topological polar surface area (TPSA) is 69.4 Å². The number of halogens is 1. The first kappa shape index (κ1) is 12.4. The molecule has 0 unspecified atom stereocenters. The van der Waals surface area contributed by atoms with Gasteiger partial charge in [-0.3, -0.25) is 10.1 Å². The van der Waals surface area contributed by atoms with Gasteiger partial charge in [-0.1, -0.05) is 11.3 Å². The third kappa shape index (κ3) is 2.46. The highest BCUT2D eigenvalue weighted by atomic mass is 127. The van der Waals surface area contributed by atoms with Crippen LogP contribution in [0.1, 0.15) is 22.8 Å². The molecule has 0 radical (unpaired) electrons. The number of nitrogens with zero attached hydrogens (tertiary/aromatic N) is 1. The Labute approximate surface area is 104 Å². The van der Waals surface area contributed by atoms with Gasteiger partial charge in [0.25, 0.3) is 0 Å². The van der Waals surface area contributed by atoms with E-state index in [9.17, 15) is 14.9 Å².